The van der Waals surface area contributed by atoms with Gasteiger partial charge in [-0.1, -0.05) is 23.7 Å². The number of carbonyl (C=O) groups is 1. The molecular weight excluding hydrogens is 294 g/mol. The average Bonchev–Trinajstić information content (AvgIpc) is 2.46. The molecule has 0 spiro atoms. The van der Waals surface area contributed by atoms with E-state index in [9.17, 15) is 9.90 Å². The summed E-state index contributed by atoms with van der Waals surface area (Å²) in [7, 11) is 0. The fourth-order valence-electron chi connectivity index (χ4n) is 2.42. The predicted molar refractivity (Wildman–Crippen MR) is 83.2 cm³/mol. The Balaban J connectivity index is 1.87. The maximum Gasteiger partial charge on any atom is 0.232 e. The summed E-state index contributed by atoms with van der Waals surface area (Å²) in [4.78, 5) is 15.0. The second kappa shape index (κ2) is 7.34. The van der Waals surface area contributed by atoms with Crippen LogP contribution in [0.15, 0.2) is 29.2 Å². The lowest BCUT2D eigenvalue weighted by Crippen LogP contribution is -2.43. The standard InChI is InChI=1S/C15H20ClNO2S/c1-11(18)12-5-4-8-17(9-12)15(19)10-20-14-7-3-2-6-13(14)16/h2-3,6-7,11-12,18H,4-5,8-10H2,1H3. The Labute approximate surface area is 129 Å². The molecule has 1 heterocycles. The van der Waals surface area contributed by atoms with Crippen molar-refractivity contribution in [1.82, 2.24) is 4.90 Å². The minimum Gasteiger partial charge on any atom is -0.393 e. The van der Waals surface area contributed by atoms with Gasteiger partial charge in [0.05, 0.1) is 16.9 Å². The van der Waals surface area contributed by atoms with Gasteiger partial charge in [-0.2, -0.15) is 0 Å². The van der Waals surface area contributed by atoms with E-state index in [1.807, 2.05) is 29.2 Å². The summed E-state index contributed by atoms with van der Waals surface area (Å²) in [6, 6.07) is 7.56. The molecule has 1 N–H and O–H groups in total. The molecule has 1 saturated heterocycles. The first-order valence-corrected chi connectivity index (χ1v) is 8.27. The Morgan fingerprint density at radius 1 is 1.55 bits per heavy atom. The van der Waals surface area contributed by atoms with Gasteiger partial charge in [-0.05, 0) is 31.9 Å². The van der Waals surface area contributed by atoms with E-state index in [2.05, 4.69) is 0 Å². The summed E-state index contributed by atoms with van der Waals surface area (Å²) in [6.45, 7) is 3.27. The van der Waals surface area contributed by atoms with Gasteiger partial charge in [0, 0.05) is 23.9 Å². The summed E-state index contributed by atoms with van der Waals surface area (Å²) < 4.78 is 0. The molecule has 1 aromatic carbocycles. The van der Waals surface area contributed by atoms with Crippen molar-refractivity contribution < 1.29 is 9.90 Å². The van der Waals surface area contributed by atoms with Crippen LogP contribution in [0.25, 0.3) is 0 Å². The molecule has 1 fully saturated rings. The summed E-state index contributed by atoms with van der Waals surface area (Å²) in [5, 5.41) is 10.3. The lowest BCUT2D eigenvalue weighted by molar-refractivity contribution is -0.130. The molecule has 0 radical (unpaired) electrons. The minimum atomic E-state index is -0.346. The number of hydrogen-bond donors (Lipinski definition) is 1. The van der Waals surface area contributed by atoms with Crippen molar-refractivity contribution in [3.8, 4) is 0 Å². The smallest absolute Gasteiger partial charge is 0.232 e. The van der Waals surface area contributed by atoms with Crippen LogP contribution in [0, 0.1) is 5.92 Å². The van der Waals surface area contributed by atoms with E-state index in [1.165, 1.54) is 11.8 Å². The third-order valence-electron chi connectivity index (χ3n) is 3.68. The van der Waals surface area contributed by atoms with E-state index in [0.29, 0.717) is 17.3 Å². The van der Waals surface area contributed by atoms with E-state index >= 15 is 0 Å². The quantitative estimate of drug-likeness (QED) is 0.869. The van der Waals surface area contributed by atoms with Gasteiger partial charge in [-0.25, -0.2) is 0 Å². The van der Waals surface area contributed by atoms with Gasteiger partial charge in [-0.3, -0.25) is 4.79 Å². The van der Waals surface area contributed by atoms with Crippen molar-refractivity contribution >= 4 is 29.3 Å². The van der Waals surface area contributed by atoms with E-state index in [1.54, 1.807) is 6.92 Å². The Morgan fingerprint density at radius 2 is 2.30 bits per heavy atom. The maximum absolute atomic E-state index is 12.2. The first-order chi connectivity index (χ1) is 9.58. The van der Waals surface area contributed by atoms with E-state index in [-0.39, 0.29) is 17.9 Å². The highest BCUT2D eigenvalue weighted by atomic mass is 35.5. The predicted octanol–water partition coefficient (Wildman–Crippen LogP) is 3.05. The van der Waals surface area contributed by atoms with Gasteiger partial charge in [0.25, 0.3) is 0 Å². The summed E-state index contributed by atoms with van der Waals surface area (Å²) in [5.41, 5.74) is 0. The Morgan fingerprint density at radius 3 is 3.00 bits per heavy atom. The zero-order chi connectivity index (χ0) is 14.5. The van der Waals surface area contributed by atoms with Crippen LogP contribution in [0.3, 0.4) is 0 Å². The van der Waals surface area contributed by atoms with E-state index in [4.69, 9.17) is 11.6 Å². The van der Waals surface area contributed by atoms with E-state index < -0.39 is 0 Å². The van der Waals surface area contributed by atoms with Crippen LogP contribution in [0.1, 0.15) is 19.8 Å². The number of nitrogens with zero attached hydrogens (tertiary/aromatic N) is 1. The Kier molecular flexibility index (Phi) is 5.75. The molecular formula is C15H20ClNO2S. The lowest BCUT2D eigenvalue weighted by Gasteiger charge is -2.34. The molecule has 0 saturated carbocycles. The van der Waals surface area contributed by atoms with Gasteiger partial charge in [0.1, 0.15) is 0 Å². The third-order valence-corrected chi connectivity index (χ3v) is 5.18. The summed E-state index contributed by atoms with van der Waals surface area (Å²) in [6.07, 6.45) is 1.62. The van der Waals surface area contributed by atoms with Crippen molar-refractivity contribution in [1.29, 1.82) is 0 Å². The van der Waals surface area contributed by atoms with Crippen LogP contribution >= 0.6 is 23.4 Å². The van der Waals surface area contributed by atoms with Crippen molar-refractivity contribution in [3.63, 3.8) is 0 Å². The number of hydrogen-bond acceptors (Lipinski definition) is 3. The Hall–Kier alpha value is -0.710. The Bertz CT molecular complexity index is 467. The molecule has 1 aliphatic heterocycles. The first kappa shape index (κ1) is 15.7. The monoisotopic (exact) mass is 313 g/mol. The van der Waals surface area contributed by atoms with Crippen LogP contribution in [-0.4, -0.2) is 40.9 Å². The highest BCUT2D eigenvalue weighted by molar-refractivity contribution is 8.00. The molecule has 110 valence electrons. The van der Waals surface area contributed by atoms with Crippen molar-refractivity contribution in [2.75, 3.05) is 18.8 Å². The fourth-order valence-corrected chi connectivity index (χ4v) is 3.56. The number of thioether (sulfide) groups is 1. The van der Waals surface area contributed by atoms with Crippen molar-refractivity contribution in [3.05, 3.63) is 29.3 Å². The SMILES string of the molecule is CC(O)C1CCCN(C(=O)CSc2ccccc2Cl)C1. The van der Waals surface area contributed by atoms with Crippen LogP contribution < -0.4 is 0 Å². The number of benzene rings is 1. The molecule has 3 nitrogen and oxygen atoms in total. The highest BCUT2D eigenvalue weighted by Gasteiger charge is 2.26. The normalized spacial score (nSPS) is 20.8. The minimum absolute atomic E-state index is 0.125. The summed E-state index contributed by atoms with van der Waals surface area (Å²) >= 11 is 7.55. The number of amides is 1. The van der Waals surface area contributed by atoms with Gasteiger partial charge in [0.15, 0.2) is 0 Å². The molecule has 2 atom stereocenters. The molecule has 0 aliphatic carbocycles. The van der Waals surface area contributed by atoms with Crippen LogP contribution in [0.2, 0.25) is 5.02 Å². The molecule has 1 aromatic rings. The average molecular weight is 314 g/mol. The fraction of sp³-hybridized carbons (Fsp3) is 0.533. The van der Waals surface area contributed by atoms with Crippen molar-refractivity contribution in [2.45, 2.75) is 30.8 Å². The number of rotatable bonds is 4. The van der Waals surface area contributed by atoms with E-state index in [0.717, 1.165) is 24.3 Å². The van der Waals surface area contributed by atoms with Gasteiger partial charge < -0.3 is 10.0 Å². The molecule has 1 aliphatic rings. The zero-order valence-corrected chi connectivity index (χ0v) is 13.2. The number of aliphatic hydroxyl groups is 1. The largest absolute Gasteiger partial charge is 0.393 e. The van der Waals surface area contributed by atoms with Gasteiger partial charge >= 0.3 is 0 Å². The molecule has 5 heteroatoms. The number of halogens is 1. The molecule has 20 heavy (non-hydrogen) atoms. The zero-order valence-electron chi connectivity index (χ0n) is 11.6. The molecule has 0 aromatic heterocycles. The summed E-state index contributed by atoms with van der Waals surface area (Å²) in [5.74, 6) is 0.731. The molecule has 0 bridgehead atoms. The maximum atomic E-state index is 12.2. The molecule has 1 amide bonds. The van der Waals surface area contributed by atoms with Gasteiger partial charge in [0.2, 0.25) is 5.91 Å². The van der Waals surface area contributed by atoms with Crippen molar-refractivity contribution in [2.24, 2.45) is 5.92 Å². The number of likely N-dealkylation sites (tertiary alicyclic amines) is 1. The van der Waals surface area contributed by atoms with Gasteiger partial charge in [-0.15, -0.1) is 11.8 Å². The lowest BCUT2D eigenvalue weighted by atomic mass is 9.93. The number of aliphatic hydroxyl groups excluding tert-OH is 1. The first-order valence-electron chi connectivity index (χ1n) is 6.91. The second-order valence-corrected chi connectivity index (χ2v) is 6.63. The van der Waals surface area contributed by atoms with Crippen LogP contribution in [-0.2, 0) is 4.79 Å². The number of carbonyl (C=O) groups excluding carboxylic acids is 1. The number of piperidine rings is 1. The highest BCUT2D eigenvalue weighted by Crippen LogP contribution is 2.27. The topological polar surface area (TPSA) is 40.5 Å². The second-order valence-electron chi connectivity index (χ2n) is 5.20. The third kappa shape index (κ3) is 4.14. The molecule has 2 rings (SSSR count). The van der Waals surface area contributed by atoms with Crippen LogP contribution in [0.4, 0.5) is 0 Å². The van der Waals surface area contributed by atoms with Crippen LogP contribution in [0.5, 0.6) is 0 Å². The molecule has 2 unspecified atom stereocenters.